The van der Waals surface area contributed by atoms with Crippen molar-refractivity contribution in [3.05, 3.63) is 65.7 Å². The van der Waals surface area contributed by atoms with Gasteiger partial charge in [-0.25, -0.2) is 0 Å². The fourth-order valence-corrected chi connectivity index (χ4v) is 2.10. The van der Waals surface area contributed by atoms with E-state index in [0.29, 0.717) is 17.9 Å². The van der Waals surface area contributed by atoms with Gasteiger partial charge in [0.05, 0.1) is 6.54 Å². The Bertz CT molecular complexity index is 684. The summed E-state index contributed by atoms with van der Waals surface area (Å²) in [5.41, 5.74) is 1.51. The van der Waals surface area contributed by atoms with Crippen molar-refractivity contribution in [3.8, 4) is 5.75 Å². The van der Waals surface area contributed by atoms with Crippen molar-refractivity contribution in [2.24, 2.45) is 0 Å². The average molecular weight is 326 g/mol. The molecule has 0 saturated carbocycles. The van der Waals surface area contributed by atoms with Crippen molar-refractivity contribution in [2.75, 3.05) is 6.54 Å². The molecule has 0 aliphatic carbocycles. The number of hydrogen-bond donors (Lipinski definition) is 2. The summed E-state index contributed by atoms with van der Waals surface area (Å²) in [5, 5.41) is 5.32. The SMILES string of the molecule is CC(C)NC(=O)CNC(=O)c1cccc(OCc2ccccc2)c1. The molecule has 0 aliphatic heterocycles. The van der Waals surface area contributed by atoms with Gasteiger partial charge in [0, 0.05) is 11.6 Å². The van der Waals surface area contributed by atoms with E-state index in [4.69, 9.17) is 4.74 Å². The van der Waals surface area contributed by atoms with Gasteiger partial charge in [0.2, 0.25) is 5.91 Å². The molecule has 0 fully saturated rings. The first-order valence-corrected chi connectivity index (χ1v) is 7.89. The van der Waals surface area contributed by atoms with E-state index in [2.05, 4.69) is 10.6 Å². The molecule has 126 valence electrons. The Morgan fingerprint density at radius 1 is 1.04 bits per heavy atom. The van der Waals surface area contributed by atoms with Crippen LogP contribution >= 0.6 is 0 Å². The van der Waals surface area contributed by atoms with Crippen LogP contribution in [0.4, 0.5) is 0 Å². The van der Waals surface area contributed by atoms with Crippen LogP contribution in [0.25, 0.3) is 0 Å². The molecule has 0 atom stereocenters. The highest BCUT2D eigenvalue weighted by Gasteiger charge is 2.09. The molecule has 0 heterocycles. The van der Waals surface area contributed by atoms with Crippen LogP contribution in [0.3, 0.4) is 0 Å². The van der Waals surface area contributed by atoms with E-state index in [-0.39, 0.29) is 24.4 Å². The van der Waals surface area contributed by atoms with Crippen LogP contribution < -0.4 is 15.4 Å². The van der Waals surface area contributed by atoms with Gasteiger partial charge < -0.3 is 15.4 Å². The number of hydrogen-bond acceptors (Lipinski definition) is 3. The zero-order valence-corrected chi connectivity index (χ0v) is 13.9. The molecular weight excluding hydrogens is 304 g/mol. The third-order valence-electron chi connectivity index (χ3n) is 3.20. The first-order valence-electron chi connectivity index (χ1n) is 7.89. The highest BCUT2D eigenvalue weighted by atomic mass is 16.5. The molecule has 0 radical (unpaired) electrons. The maximum absolute atomic E-state index is 12.1. The molecule has 0 unspecified atom stereocenters. The first-order chi connectivity index (χ1) is 11.5. The van der Waals surface area contributed by atoms with Gasteiger partial charge in [-0.2, -0.15) is 0 Å². The maximum Gasteiger partial charge on any atom is 0.251 e. The molecule has 0 saturated heterocycles. The second-order valence-electron chi connectivity index (χ2n) is 5.71. The Kier molecular flexibility index (Phi) is 6.37. The van der Waals surface area contributed by atoms with Crippen LogP contribution in [0.2, 0.25) is 0 Å². The van der Waals surface area contributed by atoms with Gasteiger partial charge in [0.25, 0.3) is 5.91 Å². The fourth-order valence-electron chi connectivity index (χ4n) is 2.10. The van der Waals surface area contributed by atoms with Crippen LogP contribution in [-0.4, -0.2) is 24.4 Å². The summed E-state index contributed by atoms with van der Waals surface area (Å²) in [5.74, 6) is 0.0898. The second-order valence-corrected chi connectivity index (χ2v) is 5.71. The van der Waals surface area contributed by atoms with Gasteiger partial charge in [0.1, 0.15) is 12.4 Å². The van der Waals surface area contributed by atoms with Gasteiger partial charge in [-0.05, 0) is 37.6 Å². The predicted molar refractivity (Wildman–Crippen MR) is 92.8 cm³/mol. The minimum atomic E-state index is -0.306. The molecule has 0 bridgehead atoms. The van der Waals surface area contributed by atoms with Gasteiger partial charge in [0.15, 0.2) is 0 Å². The zero-order valence-electron chi connectivity index (χ0n) is 13.9. The van der Waals surface area contributed by atoms with E-state index < -0.39 is 0 Å². The number of amides is 2. The van der Waals surface area contributed by atoms with E-state index >= 15 is 0 Å². The van der Waals surface area contributed by atoms with Crippen LogP contribution in [0.1, 0.15) is 29.8 Å². The molecule has 2 aromatic rings. The Labute approximate surface area is 142 Å². The molecule has 2 amide bonds. The standard InChI is InChI=1S/C19H22N2O3/c1-14(2)21-18(22)12-20-19(23)16-9-6-10-17(11-16)24-13-15-7-4-3-5-8-15/h3-11,14H,12-13H2,1-2H3,(H,20,23)(H,21,22). The molecular formula is C19H22N2O3. The van der Waals surface area contributed by atoms with Crippen LogP contribution in [0, 0.1) is 0 Å². The van der Waals surface area contributed by atoms with E-state index in [1.165, 1.54) is 0 Å². The van der Waals surface area contributed by atoms with Crippen molar-refractivity contribution in [1.29, 1.82) is 0 Å². The van der Waals surface area contributed by atoms with Gasteiger partial charge in [-0.15, -0.1) is 0 Å². The van der Waals surface area contributed by atoms with E-state index in [0.717, 1.165) is 5.56 Å². The summed E-state index contributed by atoms with van der Waals surface area (Å²) in [6.45, 7) is 4.12. The fraction of sp³-hybridized carbons (Fsp3) is 0.263. The van der Waals surface area contributed by atoms with Gasteiger partial charge in [-0.3, -0.25) is 9.59 Å². The molecule has 2 aromatic carbocycles. The highest BCUT2D eigenvalue weighted by Crippen LogP contribution is 2.15. The number of rotatable bonds is 7. The lowest BCUT2D eigenvalue weighted by Gasteiger charge is -2.10. The summed E-state index contributed by atoms with van der Waals surface area (Å²) in [6, 6.07) is 16.7. The van der Waals surface area contributed by atoms with Crippen LogP contribution in [0.5, 0.6) is 5.75 Å². The number of carbonyl (C=O) groups is 2. The summed E-state index contributed by atoms with van der Waals surface area (Å²) in [6.07, 6.45) is 0. The van der Waals surface area contributed by atoms with Crippen molar-refractivity contribution in [2.45, 2.75) is 26.5 Å². The third-order valence-corrected chi connectivity index (χ3v) is 3.20. The second kappa shape index (κ2) is 8.72. The maximum atomic E-state index is 12.1. The number of ether oxygens (including phenoxy) is 1. The highest BCUT2D eigenvalue weighted by molar-refractivity contribution is 5.96. The minimum absolute atomic E-state index is 0.0455. The van der Waals surface area contributed by atoms with Gasteiger partial charge in [-0.1, -0.05) is 36.4 Å². The summed E-state index contributed by atoms with van der Waals surface area (Å²) >= 11 is 0. The lowest BCUT2D eigenvalue weighted by molar-refractivity contribution is -0.120. The van der Waals surface area contributed by atoms with Crippen molar-refractivity contribution in [3.63, 3.8) is 0 Å². The molecule has 5 nitrogen and oxygen atoms in total. The molecule has 24 heavy (non-hydrogen) atoms. The smallest absolute Gasteiger partial charge is 0.251 e. The lowest BCUT2D eigenvalue weighted by Crippen LogP contribution is -2.39. The van der Waals surface area contributed by atoms with Crippen molar-refractivity contribution < 1.29 is 14.3 Å². The quantitative estimate of drug-likeness (QED) is 0.821. The molecule has 0 spiro atoms. The Balaban J connectivity index is 1.89. The molecule has 2 rings (SSSR count). The lowest BCUT2D eigenvalue weighted by atomic mass is 10.2. The van der Waals surface area contributed by atoms with Crippen LogP contribution in [0.15, 0.2) is 54.6 Å². The van der Waals surface area contributed by atoms with Crippen molar-refractivity contribution >= 4 is 11.8 Å². The topological polar surface area (TPSA) is 67.4 Å². The summed E-state index contributed by atoms with van der Waals surface area (Å²) < 4.78 is 5.70. The van der Waals surface area contributed by atoms with Crippen molar-refractivity contribution in [1.82, 2.24) is 10.6 Å². The average Bonchev–Trinajstić information content (AvgIpc) is 2.58. The summed E-state index contributed by atoms with van der Waals surface area (Å²) in [4.78, 5) is 23.7. The summed E-state index contributed by atoms with van der Waals surface area (Å²) in [7, 11) is 0. The number of carbonyl (C=O) groups excluding carboxylic acids is 2. The Morgan fingerprint density at radius 3 is 2.50 bits per heavy atom. The largest absolute Gasteiger partial charge is 0.489 e. The molecule has 0 aliphatic rings. The normalized spacial score (nSPS) is 10.3. The van der Waals surface area contributed by atoms with E-state index in [1.54, 1.807) is 24.3 Å². The molecule has 5 heteroatoms. The molecule has 2 N–H and O–H groups in total. The van der Waals surface area contributed by atoms with Crippen LogP contribution in [-0.2, 0) is 11.4 Å². The number of benzene rings is 2. The van der Waals surface area contributed by atoms with E-state index in [9.17, 15) is 9.59 Å². The zero-order chi connectivity index (χ0) is 17.4. The first kappa shape index (κ1) is 17.5. The van der Waals surface area contributed by atoms with E-state index in [1.807, 2.05) is 44.2 Å². The third kappa shape index (κ3) is 5.76. The minimum Gasteiger partial charge on any atom is -0.489 e. The number of nitrogens with one attached hydrogen (secondary N) is 2. The Morgan fingerprint density at radius 2 is 1.79 bits per heavy atom. The monoisotopic (exact) mass is 326 g/mol. The van der Waals surface area contributed by atoms with Gasteiger partial charge >= 0.3 is 0 Å². The Hall–Kier alpha value is -2.82. The molecule has 0 aromatic heterocycles. The predicted octanol–water partition coefficient (Wildman–Crippen LogP) is 2.52.